The Balaban J connectivity index is 1.49. The van der Waals surface area contributed by atoms with E-state index in [1.807, 2.05) is 35.0 Å². The molecule has 1 aromatic carbocycles. The summed E-state index contributed by atoms with van der Waals surface area (Å²) < 4.78 is 23.2. The van der Waals surface area contributed by atoms with Gasteiger partial charge in [0.15, 0.2) is 9.84 Å². The zero-order chi connectivity index (χ0) is 17.2. The Morgan fingerprint density at radius 3 is 2.42 bits per heavy atom. The summed E-state index contributed by atoms with van der Waals surface area (Å²) in [7, 11) is -1.06. The van der Waals surface area contributed by atoms with Crippen molar-refractivity contribution in [3.8, 4) is 0 Å². The normalized spacial score (nSPS) is 23.7. The molecule has 2 fully saturated rings. The molecule has 2 aliphatic rings. The van der Waals surface area contributed by atoms with E-state index in [0.717, 1.165) is 13.1 Å². The minimum Gasteiger partial charge on any atom is -0.368 e. The standard InChI is InChI=1S/C17H25N3O3S/c1-18(16-7-12-24(22,23)14-16)13-17(21)20-10-8-19(9-11-20)15-5-3-2-4-6-15/h2-6,16H,7-14H2,1H3. The second kappa shape index (κ2) is 7.11. The van der Waals surface area contributed by atoms with E-state index >= 15 is 0 Å². The molecule has 0 N–H and O–H groups in total. The lowest BCUT2D eigenvalue weighted by molar-refractivity contribution is -0.132. The second-order valence-electron chi connectivity index (χ2n) is 6.68. The monoisotopic (exact) mass is 351 g/mol. The summed E-state index contributed by atoms with van der Waals surface area (Å²) in [6.45, 7) is 3.38. The summed E-state index contributed by atoms with van der Waals surface area (Å²) >= 11 is 0. The summed E-state index contributed by atoms with van der Waals surface area (Å²) in [6.07, 6.45) is 0.633. The Morgan fingerprint density at radius 2 is 1.83 bits per heavy atom. The minimum absolute atomic E-state index is 0.0236. The predicted molar refractivity (Wildman–Crippen MR) is 94.9 cm³/mol. The van der Waals surface area contributed by atoms with Crippen LogP contribution in [0.3, 0.4) is 0 Å². The van der Waals surface area contributed by atoms with Crippen LogP contribution in [0.15, 0.2) is 30.3 Å². The molecule has 1 atom stereocenters. The maximum Gasteiger partial charge on any atom is 0.236 e. The first-order chi connectivity index (χ1) is 11.4. The van der Waals surface area contributed by atoms with Crippen LogP contribution < -0.4 is 4.90 Å². The molecule has 6 nitrogen and oxygen atoms in total. The molecule has 0 spiro atoms. The number of nitrogens with zero attached hydrogens (tertiary/aromatic N) is 3. The summed E-state index contributed by atoms with van der Waals surface area (Å²) in [5.41, 5.74) is 1.19. The zero-order valence-electron chi connectivity index (χ0n) is 14.1. The van der Waals surface area contributed by atoms with Crippen molar-refractivity contribution in [2.24, 2.45) is 0 Å². The van der Waals surface area contributed by atoms with Gasteiger partial charge in [-0.3, -0.25) is 9.69 Å². The number of amides is 1. The smallest absolute Gasteiger partial charge is 0.236 e. The van der Waals surface area contributed by atoms with Crippen LogP contribution in [0.25, 0.3) is 0 Å². The lowest BCUT2D eigenvalue weighted by Gasteiger charge is -2.37. The van der Waals surface area contributed by atoms with E-state index in [4.69, 9.17) is 0 Å². The lowest BCUT2D eigenvalue weighted by atomic mass is 10.2. The number of carbonyl (C=O) groups excluding carboxylic acids is 1. The molecule has 1 aromatic rings. The van der Waals surface area contributed by atoms with E-state index in [2.05, 4.69) is 17.0 Å². The molecule has 0 radical (unpaired) electrons. The molecule has 0 saturated carbocycles. The number of piperazine rings is 1. The number of hydrogen-bond donors (Lipinski definition) is 0. The van der Waals surface area contributed by atoms with Gasteiger partial charge in [0.1, 0.15) is 0 Å². The van der Waals surface area contributed by atoms with Crippen molar-refractivity contribution in [3.05, 3.63) is 30.3 Å². The molecule has 2 aliphatic heterocycles. The topological polar surface area (TPSA) is 60.9 Å². The van der Waals surface area contributed by atoms with Gasteiger partial charge >= 0.3 is 0 Å². The molecule has 0 bridgehead atoms. The third kappa shape index (κ3) is 4.08. The summed E-state index contributed by atoms with van der Waals surface area (Å²) in [6, 6.07) is 10.2. The van der Waals surface area contributed by atoms with Crippen molar-refractivity contribution in [2.75, 3.05) is 56.2 Å². The largest absolute Gasteiger partial charge is 0.368 e. The van der Waals surface area contributed by atoms with Gasteiger partial charge in [-0.1, -0.05) is 18.2 Å². The van der Waals surface area contributed by atoms with Crippen LogP contribution in [0.4, 0.5) is 5.69 Å². The quantitative estimate of drug-likeness (QED) is 0.788. The number of sulfone groups is 1. The molecule has 1 amide bonds. The van der Waals surface area contributed by atoms with E-state index in [-0.39, 0.29) is 23.5 Å². The van der Waals surface area contributed by atoms with E-state index in [1.165, 1.54) is 5.69 Å². The van der Waals surface area contributed by atoms with Crippen molar-refractivity contribution >= 4 is 21.4 Å². The summed E-state index contributed by atoms with van der Waals surface area (Å²) in [4.78, 5) is 18.6. The molecule has 3 rings (SSSR count). The van der Waals surface area contributed by atoms with Crippen molar-refractivity contribution in [1.82, 2.24) is 9.80 Å². The van der Waals surface area contributed by atoms with E-state index in [0.29, 0.717) is 26.1 Å². The highest BCUT2D eigenvalue weighted by molar-refractivity contribution is 7.91. The fourth-order valence-electron chi connectivity index (χ4n) is 3.42. The van der Waals surface area contributed by atoms with Gasteiger partial charge in [0.25, 0.3) is 0 Å². The average molecular weight is 351 g/mol. The van der Waals surface area contributed by atoms with Gasteiger partial charge < -0.3 is 9.80 Å². The first-order valence-electron chi connectivity index (χ1n) is 8.43. The third-order valence-electron chi connectivity index (χ3n) is 4.97. The number of hydrogen-bond acceptors (Lipinski definition) is 5. The highest BCUT2D eigenvalue weighted by Gasteiger charge is 2.32. The number of anilines is 1. The predicted octanol–water partition coefficient (Wildman–Crippen LogP) is 0.454. The molecular formula is C17H25N3O3S. The zero-order valence-corrected chi connectivity index (χ0v) is 14.9. The first-order valence-corrected chi connectivity index (χ1v) is 10.3. The molecular weight excluding hydrogens is 326 g/mol. The highest BCUT2D eigenvalue weighted by Crippen LogP contribution is 2.18. The first kappa shape index (κ1) is 17.2. The maximum atomic E-state index is 12.5. The van der Waals surface area contributed by atoms with Gasteiger partial charge in [-0.05, 0) is 25.6 Å². The molecule has 7 heteroatoms. The SMILES string of the molecule is CN(CC(=O)N1CCN(c2ccccc2)CC1)C1CCS(=O)(=O)C1. The Hall–Kier alpha value is -1.60. The van der Waals surface area contributed by atoms with Crippen molar-refractivity contribution in [2.45, 2.75) is 12.5 Å². The van der Waals surface area contributed by atoms with Crippen molar-refractivity contribution in [1.29, 1.82) is 0 Å². The van der Waals surface area contributed by atoms with Gasteiger partial charge in [-0.25, -0.2) is 8.42 Å². The van der Waals surface area contributed by atoms with Crippen LogP contribution in [-0.2, 0) is 14.6 Å². The number of likely N-dealkylation sites (N-methyl/N-ethyl adjacent to an activating group) is 1. The molecule has 0 aliphatic carbocycles. The second-order valence-corrected chi connectivity index (χ2v) is 8.90. The van der Waals surface area contributed by atoms with Crippen molar-refractivity contribution in [3.63, 3.8) is 0 Å². The summed E-state index contributed by atoms with van der Waals surface area (Å²) in [5, 5.41) is 0. The van der Waals surface area contributed by atoms with Gasteiger partial charge in [-0.2, -0.15) is 0 Å². The van der Waals surface area contributed by atoms with E-state index in [9.17, 15) is 13.2 Å². The van der Waals surface area contributed by atoms with Crippen LogP contribution in [0.2, 0.25) is 0 Å². The van der Waals surface area contributed by atoms with Crippen LogP contribution in [-0.4, -0.2) is 81.4 Å². The van der Waals surface area contributed by atoms with Gasteiger partial charge in [0, 0.05) is 37.9 Å². The van der Waals surface area contributed by atoms with Crippen LogP contribution in [0.1, 0.15) is 6.42 Å². The number of benzene rings is 1. The van der Waals surface area contributed by atoms with Gasteiger partial charge in [-0.15, -0.1) is 0 Å². The Bertz CT molecular complexity index is 670. The van der Waals surface area contributed by atoms with E-state index in [1.54, 1.807) is 0 Å². The number of carbonyl (C=O) groups is 1. The Kier molecular flexibility index (Phi) is 5.10. The van der Waals surface area contributed by atoms with Crippen LogP contribution >= 0.6 is 0 Å². The van der Waals surface area contributed by atoms with Crippen LogP contribution in [0.5, 0.6) is 0 Å². The molecule has 2 heterocycles. The third-order valence-corrected chi connectivity index (χ3v) is 6.72. The fraction of sp³-hybridized carbons (Fsp3) is 0.588. The molecule has 1 unspecified atom stereocenters. The minimum atomic E-state index is -2.91. The van der Waals surface area contributed by atoms with E-state index < -0.39 is 9.84 Å². The Labute approximate surface area is 144 Å². The average Bonchev–Trinajstić information content (AvgIpc) is 2.96. The maximum absolute atomic E-state index is 12.5. The van der Waals surface area contributed by atoms with Gasteiger partial charge in [0.2, 0.25) is 5.91 Å². The van der Waals surface area contributed by atoms with Crippen LogP contribution in [0, 0.1) is 0 Å². The molecule has 132 valence electrons. The number of rotatable bonds is 4. The summed E-state index contributed by atoms with van der Waals surface area (Å²) in [5.74, 6) is 0.513. The molecule has 24 heavy (non-hydrogen) atoms. The lowest BCUT2D eigenvalue weighted by Crippen LogP contribution is -2.52. The molecule has 0 aromatic heterocycles. The molecule has 2 saturated heterocycles. The number of para-hydroxylation sites is 1. The fourth-order valence-corrected chi connectivity index (χ4v) is 5.22. The Morgan fingerprint density at radius 1 is 1.17 bits per heavy atom. The van der Waals surface area contributed by atoms with Gasteiger partial charge in [0.05, 0.1) is 18.1 Å². The van der Waals surface area contributed by atoms with Crippen molar-refractivity contribution < 1.29 is 13.2 Å². The highest BCUT2D eigenvalue weighted by atomic mass is 32.2.